The fourth-order valence-corrected chi connectivity index (χ4v) is 2.82. The van der Waals surface area contributed by atoms with Crippen LogP contribution in [0.15, 0.2) is 6.33 Å². The second-order valence-corrected chi connectivity index (χ2v) is 5.15. The van der Waals surface area contributed by atoms with Gasteiger partial charge in [-0.05, 0) is 13.3 Å². The van der Waals surface area contributed by atoms with E-state index in [1.165, 1.54) is 0 Å². The van der Waals surface area contributed by atoms with Crippen LogP contribution in [-0.4, -0.2) is 60.7 Å². The van der Waals surface area contributed by atoms with Crippen molar-refractivity contribution in [2.75, 3.05) is 44.7 Å². The molecule has 1 aliphatic rings. The molecule has 1 aliphatic heterocycles. The molecule has 0 radical (unpaired) electrons. The van der Waals surface area contributed by atoms with Crippen molar-refractivity contribution in [3.05, 3.63) is 11.9 Å². The summed E-state index contributed by atoms with van der Waals surface area (Å²) >= 11 is 0. The number of rotatable bonds is 5. The minimum Gasteiger partial charge on any atom is -0.481 e. The highest BCUT2D eigenvalue weighted by molar-refractivity contribution is 5.50. The van der Waals surface area contributed by atoms with Crippen LogP contribution in [0.2, 0.25) is 0 Å². The summed E-state index contributed by atoms with van der Waals surface area (Å²) < 4.78 is 5.27. The summed E-state index contributed by atoms with van der Waals surface area (Å²) in [5.74, 6) is 1.64. The normalized spacial score (nSPS) is 18.1. The number of hydrogen-bond donors (Lipinski definition) is 1. The van der Waals surface area contributed by atoms with E-state index >= 15 is 0 Å². The van der Waals surface area contributed by atoms with Crippen LogP contribution >= 0.6 is 0 Å². The van der Waals surface area contributed by atoms with Crippen molar-refractivity contribution in [2.45, 2.75) is 26.3 Å². The van der Waals surface area contributed by atoms with Crippen LogP contribution in [0.4, 0.5) is 5.82 Å². The lowest BCUT2D eigenvalue weighted by molar-refractivity contribution is 0.184. The zero-order chi connectivity index (χ0) is 14.5. The van der Waals surface area contributed by atoms with Gasteiger partial charge in [0.2, 0.25) is 5.88 Å². The largest absolute Gasteiger partial charge is 0.481 e. The molecule has 2 N–H and O–H groups in total. The molecule has 1 aromatic rings. The standard InChI is InChI=1S/C14H25N5O/c1-4-12(9-15)18-5-7-19(8-6-18)13-11(2)14(20-3)17-10-16-13/h10,12H,4-9,15H2,1-3H3. The lowest BCUT2D eigenvalue weighted by Crippen LogP contribution is -2.52. The van der Waals surface area contributed by atoms with Gasteiger partial charge < -0.3 is 15.4 Å². The van der Waals surface area contributed by atoms with Gasteiger partial charge >= 0.3 is 0 Å². The summed E-state index contributed by atoms with van der Waals surface area (Å²) in [5, 5.41) is 0. The molecule has 1 saturated heterocycles. The van der Waals surface area contributed by atoms with Crippen LogP contribution in [0.5, 0.6) is 5.88 Å². The molecule has 6 heteroatoms. The highest BCUT2D eigenvalue weighted by Gasteiger charge is 2.24. The summed E-state index contributed by atoms with van der Waals surface area (Å²) in [6, 6.07) is 0.498. The van der Waals surface area contributed by atoms with Crippen molar-refractivity contribution in [1.29, 1.82) is 0 Å². The molecular formula is C14H25N5O. The van der Waals surface area contributed by atoms with Gasteiger partial charge in [-0.1, -0.05) is 6.92 Å². The summed E-state index contributed by atoms with van der Waals surface area (Å²) in [4.78, 5) is 13.3. The first-order valence-corrected chi connectivity index (χ1v) is 7.25. The Bertz CT molecular complexity index is 428. The van der Waals surface area contributed by atoms with Crippen LogP contribution in [0, 0.1) is 6.92 Å². The van der Waals surface area contributed by atoms with E-state index in [1.807, 2.05) is 6.92 Å². The fraction of sp³-hybridized carbons (Fsp3) is 0.714. The Morgan fingerprint density at radius 2 is 2.00 bits per heavy atom. The van der Waals surface area contributed by atoms with Gasteiger partial charge in [0.05, 0.1) is 12.7 Å². The van der Waals surface area contributed by atoms with Gasteiger partial charge in [0, 0.05) is 38.8 Å². The molecule has 0 bridgehead atoms. The Hall–Kier alpha value is -1.40. The molecule has 1 unspecified atom stereocenters. The van der Waals surface area contributed by atoms with Crippen molar-refractivity contribution >= 4 is 5.82 Å². The maximum atomic E-state index is 5.83. The van der Waals surface area contributed by atoms with Crippen LogP contribution in [0.3, 0.4) is 0 Å². The number of methoxy groups -OCH3 is 1. The Labute approximate surface area is 120 Å². The summed E-state index contributed by atoms with van der Waals surface area (Å²) in [5.41, 5.74) is 6.84. The number of aromatic nitrogens is 2. The molecule has 2 rings (SSSR count). The zero-order valence-corrected chi connectivity index (χ0v) is 12.7. The SMILES string of the molecule is CCC(CN)N1CCN(c2ncnc(OC)c2C)CC1. The molecule has 0 amide bonds. The van der Waals surface area contributed by atoms with Crippen LogP contribution in [0.1, 0.15) is 18.9 Å². The van der Waals surface area contributed by atoms with Crippen molar-refractivity contribution in [2.24, 2.45) is 5.73 Å². The summed E-state index contributed by atoms with van der Waals surface area (Å²) in [6.45, 7) is 8.94. The van der Waals surface area contributed by atoms with E-state index in [1.54, 1.807) is 13.4 Å². The monoisotopic (exact) mass is 279 g/mol. The van der Waals surface area contributed by atoms with Gasteiger partial charge in [-0.25, -0.2) is 9.97 Å². The molecule has 1 aromatic heterocycles. The van der Waals surface area contributed by atoms with Crippen molar-refractivity contribution in [3.63, 3.8) is 0 Å². The second kappa shape index (κ2) is 6.85. The molecule has 1 atom stereocenters. The van der Waals surface area contributed by atoms with Crippen molar-refractivity contribution < 1.29 is 4.74 Å². The summed E-state index contributed by atoms with van der Waals surface area (Å²) in [6.07, 6.45) is 2.68. The highest BCUT2D eigenvalue weighted by atomic mass is 16.5. The smallest absolute Gasteiger partial charge is 0.221 e. The predicted octanol–water partition coefficient (Wildman–Crippen LogP) is 0.653. The lowest BCUT2D eigenvalue weighted by Gasteiger charge is -2.39. The summed E-state index contributed by atoms with van der Waals surface area (Å²) in [7, 11) is 1.64. The molecule has 0 aromatic carbocycles. The minimum atomic E-state index is 0.498. The number of hydrogen-bond acceptors (Lipinski definition) is 6. The number of ether oxygens (including phenoxy) is 1. The molecule has 6 nitrogen and oxygen atoms in total. The average Bonchev–Trinajstić information content (AvgIpc) is 2.50. The van der Waals surface area contributed by atoms with Crippen LogP contribution in [0.25, 0.3) is 0 Å². The third-order valence-corrected chi connectivity index (χ3v) is 4.08. The number of nitrogens with two attached hydrogens (primary N) is 1. The van der Waals surface area contributed by atoms with Crippen molar-refractivity contribution in [1.82, 2.24) is 14.9 Å². The predicted molar refractivity (Wildman–Crippen MR) is 80.2 cm³/mol. The van der Waals surface area contributed by atoms with Gasteiger partial charge in [-0.15, -0.1) is 0 Å². The van der Waals surface area contributed by atoms with Crippen molar-refractivity contribution in [3.8, 4) is 5.88 Å². The van der Waals surface area contributed by atoms with Crippen LogP contribution in [-0.2, 0) is 0 Å². The molecular weight excluding hydrogens is 254 g/mol. The quantitative estimate of drug-likeness (QED) is 0.854. The van der Waals surface area contributed by atoms with Gasteiger partial charge in [-0.2, -0.15) is 0 Å². The van der Waals surface area contributed by atoms with E-state index in [2.05, 4.69) is 26.7 Å². The molecule has 0 saturated carbocycles. The maximum Gasteiger partial charge on any atom is 0.221 e. The lowest BCUT2D eigenvalue weighted by atomic mass is 10.1. The molecule has 2 heterocycles. The third-order valence-electron chi connectivity index (χ3n) is 4.08. The van der Waals surface area contributed by atoms with Gasteiger partial charge in [-0.3, -0.25) is 4.90 Å². The van der Waals surface area contributed by atoms with E-state index < -0.39 is 0 Å². The Morgan fingerprint density at radius 1 is 1.30 bits per heavy atom. The maximum absolute atomic E-state index is 5.83. The number of nitrogens with zero attached hydrogens (tertiary/aromatic N) is 4. The number of piperazine rings is 1. The highest BCUT2D eigenvalue weighted by Crippen LogP contribution is 2.24. The number of anilines is 1. The van der Waals surface area contributed by atoms with E-state index in [4.69, 9.17) is 10.5 Å². The fourth-order valence-electron chi connectivity index (χ4n) is 2.82. The first-order valence-electron chi connectivity index (χ1n) is 7.25. The van der Waals surface area contributed by atoms with E-state index in [-0.39, 0.29) is 0 Å². The minimum absolute atomic E-state index is 0.498. The molecule has 0 spiro atoms. The molecule has 0 aliphatic carbocycles. The first-order chi connectivity index (χ1) is 9.71. The molecule has 20 heavy (non-hydrogen) atoms. The topological polar surface area (TPSA) is 67.5 Å². The van der Waals surface area contributed by atoms with Gasteiger partial charge in [0.25, 0.3) is 0 Å². The average molecular weight is 279 g/mol. The Kier molecular flexibility index (Phi) is 5.14. The van der Waals surface area contributed by atoms with Crippen LogP contribution < -0.4 is 15.4 Å². The third kappa shape index (κ3) is 3.02. The van der Waals surface area contributed by atoms with E-state index in [9.17, 15) is 0 Å². The van der Waals surface area contributed by atoms with Gasteiger partial charge in [0.15, 0.2) is 0 Å². The van der Waals surface area contributed by atoms with E-state index in [0.29, 0.717) is 11.9 Å². The van der Waals surface area contributed by atoms with E-state index in [0.717, 1.165) is 50.5 Å². The molecule has 112 valence electrons. The molecule has 1 fully saturated rings. The van der Waals surface area contributed by atoms with Gasteiger partial charge in [0.1, 0.15) is 12.1 Å². The zero-order valence-electron chi connectivity index (χ0n) is 12.7. The Morgan fingerprint density at radius 3 is 2.55 bits per heavy atom. The first kappa shape index (κ1) is 15.0. The Balaban J connectivity index is 2.04. The second-order valence-electron chi connectivity index (χ2n) is 5.15.